The van der Waals surface area contributed by atoms with E-state index in [0.29, 0.717) is 24.4 Å². The quantitative estimate of drug-likeness (QED) is 0.862. The van der Waals surface area contributed by atoms with Crippen LogP contribution < -0.4 is 5.73 Å². The first-order valence-electron chi connectivity index (χ1n) is 6.51. The van der Waals surface area contributed by atoms with Crippen LogP contribution in [-0.4, -0.2) is 32.4 Å². The molecule has 0 fully saturated rings. The summed E-state index contributed by atoms with van der Waals surface area (Å²) in [5.41, 5.74) is 6.26. The van der Waals surface area contributed by atoms with Crippen molar-refractivity contribution in [3.8, 4) is 6.07 Å². The molecule has 0 radical (unpaired) electrons. The van der Waals surface area contributed by atoms with Gasteiger partial charge in [-0.3, -0.25) is 0 Å². The minimum absolute atomic E-state index is 0.0295. The van der Waals surface area contributed by atoms with Crippen LogP contribution in [0.25, 0.3) is 0 Å². The third kappa shape index (κ3) is 4.04. The largest absolute Gasteiger partial charge is 0.327 e. The van der Waals surface area contributed by atoms with Crippen LogP contribution >= 0.6 is 0 Å². The van der Waals surface area contributed by atoms with Crippen LogP contribution in [-0.2, 0) is 10.0 Å². The van der Waals surface area contributed by atoms with Crippen LogP contribution in [0.5, 0.6) is 0 Å². The molecule has 1 aromatic rings. The Labute approximate surface area is 121 Å². The molecule has 0 amide bonds. The molecule has 0 saturated carbocycles. The van der Waals surface area contributed by atoms with Crippen molar-refractivity contribution < 1.29 is 8.42 Å². The average molecular weight is 295 g/mol. The van der Waals surface area contributed by atoms with E-state index in [9.17, 15) is 8.42 Å². The average Bonchev–Trinajstić information content (AvgIpc) is 2.43. The van der Waals surface area contributed by atoms with Gasteiger partial charge in [0.2, 0.25) is 10.0 Å². The number of hydrogen-bond donors (Lipinski definition) is 1. The fourth-order valence-corrected chi connectivity index (χ4v) is 2.92. The molecule has 0 saturated heterocycles. The van der Waals surface area contributed by atoms with Crippen LogP contribution in [0.3, 0.4) is 0 Å². The first-order valence-corrected chi connectivity index (χ1v) is 7.95. The minimum Gasteiger partial charge on any atom is -0.327 e. The lowest BCUT2D eigenvalue weighted by molar-refractivity contribution is 0.397. The summed E-state index contributed by atoms with van der Waals surface area (Å²) < 4.78 is 26.0. The highest BCUT2D eigenvalue weighted by Crippen LogP contribution is 2.16. The zero-order chi connectivity index (χ0) is 15.3. The van der Waals surface area contributed by atoms with Crippen LogP contribution in [0.15, 0.2) is 29.2 Å². The smallest absolute Gasteiger partial charge is 0.242 e. The first-order chi connectivity index (χ1) is 9.28. The van der Waals surface area contributed by atoms with E-state index in [4.69, 9.17) is 11.0 Å². The van der Waals surface area contributed by atoms with Crippen LogP contribution in [0, 0.1) is 17.2 Å². The number of hydrogen-bond acceptors (Lipinski definition) is 4. The maximum atomic E-state index is 12.4. The van der Waals surface area contributed by atoms with Gasteiger partial charge in [-0.15, -0.1) is 0 Å². The molecule has 1 unspecified atom stereocenters. The van der Waals surface area contributed by atoms with Gasteiger partial charge in [-0.25, -0.2) is 12.7 Å². The highest BCUT2D eigenvalue weighted by Gasteiger charge is 2.21. The second-order valence-corrected chi connectivity index (χ2v) is 7.21. The van der Waals surface area contributed by atoms with E-state index < -0.39 is 10.0 Å². The van der Waals surface area contributed by atoms with E-state index in [0.717, 1.165) is 0 Å². The molecule has 6 heteroatoms. The Kier molecular flexibility index (Phi) is 5.69. The molecule has 2 N–H and O–H groups in total. The van der Waals surface area contributed by atoms with Crippen molar-refractivity contribution in [3.63, 3.8) is 0 Å². The SMILES string of the molecule is CC(C)C(N)CCN(C)S(=O)(=O)c1cccc(C#N)c1. The van der Waals surface area contributed by atoms with Crippen molar-refractivity contribution in [1.82, 2.24) is 4.31 Å². The number of nitriles is 1. The molecule has 0 aliphatic heterocycles. The fraction of sp³-hybridized carbons (Fsp3) is 0.500. The van der Waals surface area contributed by atoms with E-state index >= 15 is 0 Å². The Morgan fingerprint density at radius 3 is 2.60 bits per heavy atom. The van der Waals surface area contributed by atoms with Gasteiger partial charge in [0.15, 0.2) is 0 Å². The molecular weight excluding hydrogens is 274 g/mol. The summed E-state index contributed by atoms with van der Waals surface area (Å²) in [5.74, 6) is 0.313. The maximum absolute atomic E-state index is 12.4. The minimum atomic E-state index is -3.57. The standard InChI is InChI=1S/C14H21N3O2S/c1-11(2)14(16)7-8-17(3)20(18,19)13-6-4-5-12(9-13)10-15/h4-6,9,11,14H,7-8,16H2,1-3H3. The van der Waals surface area contributed by atoms with Crippen LogP contribution in [0.1, 0.15) is 25.8 Å². The van der Waals surface area contributed by atoms with Gasteiger partial charge in [0.25, 0.3) is 0 Å². The predicted molar refractivity (Wildman–Crippen MR) is 78.4 cm³/mol. The molecule has 1 atom stereocenters. The van der Waals surface area contributed by atoms with E-state index in [1.54, 1.807) is 12.1 Å². The topological polar surface area (TPSA) is 87.2 Å². The Morgan fingerprint density at radius 2 is 2.05 bits per heavy atom. The zero-order valence-electron chi connectivity index (χ0n) is 12.1. The molecule has 1 aromatic carbocycles. The highest BCUT2D eigenvalue weighted by molar-refractivity contribution is 7.89. The summed E-state index contributed by atoms with van der Waals surface area (Å²) in [5, 5.41) is 8.83. The molecule has 110 valence electrons. The first kappa shape index (κ1) is 16.6. The highest BCUT2D eigenvalue weighted by atomic mass is 32.2. The third-order valence-electron chi connectivity index (χ3n) is 3.30. The van der Waals surface area contributed by atoms with Crippen molar-refractivity contribution in [3.05, 3.63) is 29.8 Å². The normalized spacial score (nSPS) is 13.4. The molecule has 0 aliphatic rings. The number of nitrogens with zero attached hydrogens (tertiary/aromatic N) is 2. The van der Waals surface area contributed by atoms with Gasteiger partial charge >= 0.3 is 0 Å². The van der Waals surface area contributed by atoms with Gasteiger partial charge in [0.05, 0.1) is 16.5 Å². The van der Waals surface area contributed by atoms with Gasteiger partial charge in [-0.2, -0.15) is 5.26 Å². The van der Waals surface area contributed by atoms with Gasteiger partial charge < -0.3 is 5.73 Å². The van der Waals surface area contributed by atoms with Crippen LogP contribution in [0.2, 0.25) is 0 Å². The van der Waals surface area contributed by atoms with E-state index in [-0.39, 0.29) is 10.9 Å². The lowest BCUT2D eigenvalue weighted by atomic mass is 10.0. The Bertz CT molecular complexity index is 591. The summed E-state index contributed by atoms with van der Waals surface area (Å²) in [7, 11) is -2.04. The molecule has 20 heavy (non-hydrogen) atoms. The second kappa shape index (κ2) is 6.84. The molecule has 0 heterocycles. The zero-order valence-corrected chi connectivity index (χ0v) is 12.9. The molecular formula is C14H21N3O2S. The molecule has 0 aromatic heterocycles. The summed E-state index contributed by atoms with van der Waals surface area (Å²) in [6.45, 7) is 4.38. The summed E-state index contributed by atoms with van der Waals surface area (Å²) in [6.07, 6.45) is 0.603. The van der Waals surface area contributed by atoms with Crippen molar-refractivity contribution in [1.29, 1.82) is 5.26 Å². The van der Waals surface area contributed by atoms with Crippen molar-refractivity contribution in [2.75, 3.05) is 13.6 Å². The number of benzene rings is 1. The van der Waals surface area contributed by atoms with Crippen LogP contribution in [0.4, 0.5) is 0 Å². The lowest BCUT2D eigenvalue weighted by Crippen LogP contribution is -2.34. The van der Waals surface area contributed by atoms with Gasteiger partial charge in [-0.1, -0.05) is 19.9 Å². The monoisotopic (exact) mass is 295 g/mol. The third-order valence-corrected chi connectivity index (χ3v) is 5.16. The van der Waals surface area contributed by atoms with E-state index in [2.05, 4.69) is 0 Å². The number of sulfonamides is 1. The number of nitrogens with two attached hydrogens (primary N) is 1. The predicted octanol–water partition coefficient (Wildman–Crippen LogP) is 1.55. The van der Waals surface area contributed by atoms with Crippen molar-refractivity contribution >= 4 is 10.0 Å². The van der Waals surface area contributed by atoms with E-state index in [1.807, 2.05) is 19.9 Å². The lowest BCUT2D eigenvalue weighted by Gasteiger charge is -2.21. The van der Waals surface area contributed by atoms with Gasteiger partial charge in [-0.05, 0) is 30.5 Å². The molecule has 0 aliphatic carbocycles. The van der Waals surface area contributed by atoms with Crippen molar-refractivity contribution in [2.45, 2.75) is 31.2 Å². The van der Waals surface area contributed by atoms with Gasteiger partial charge in [0.1, 0.15) is 0 Å². The summed E-state index contributed by atoms with van der Waals surface area (Å²) in [4.78, 5) is 0.136. The maximum Gasteiger partial charge on any atom is 0.242 e. The Balaban J connectivity index is 2.85. The Morgan fingerprint density at radius 1 is 1.40 bits per heavy atom. The molecule has 0 bridgehead atoms. The Hall–Kier alpha value is -1.42. The van der Waals surface area contributed by atoms with Gasteiger partial charge in [0, 0.05) is 19.6 Å². The summed E-state index contributed by atoms with van der Waals surface area (Å²) in [6, 6.07) is 7.93. The van der Waals surface area contributed by atoms with Crippen molar-refractivity contribution in [2.24, 2.45) is 11.7 Å². The molecule has 0 spiro atoms. The fourth-order valence-electron chi connectivity index (χ4n) is 1.69. The van der Waals surface area contributed by atoms with E-state index in [1.165, 1.54) is 23.5 Å². The molecule has 5 nitrogen and oxygen atoms in total. The second-order valence-electron chi connectivity index (χ2n) is 5.16. The number of rotatable bonds is 6. The summed E-state index contributed by atoms with van der Waals surface area (Å²) >= 11 is 0. The molecule has 1 rings (SSSR count).